The third-order valence-corrected chi connectivity index (χ3v) is 4.32. The van der Waals surface area contributed by atoms with Crippen molar-refractivity contribution in [3.63, 3.8) is 0 Å². The van der Waals surface area contributed by atoms with Crippen LogP contribution in [0.1, 0.15) is 34.3 Å². The predicted molar refractivity (Wildman–Crippen MR) is 97.7 cm³/mol. The summed E-state index contributed by atoms with van der Waals surface area (Å²) in [6, 6.07) is 13.5. The van der Waals surface area contributed by atoms with Gasteiger partial charge in [-0.1, -0.05) is 6.07 Å². The van der Waals surface area contributed by atoms with E-state index in [1.807, 2.05) is 18.3 Å². The van der Waals surface area contributed by atoms with Gasteiger partial charge in [-0.25, -0.2) is 4.79 Å². The molecule has 0 N–H and O–H groups in total. The highest BCUT2D eigenvalue weighted by molar-refractivity contribution is 5.90. The fourth-order valence-corrected chi connectivity index (χ4v) is 3.02. The maximum atomic E-state index is 11.4. The van der Waals surface area contributed by atoms with Crippen molar-refractivity contribution in [3.8, 4) is 0 Å². The molecule has 0 amide bonds. The van der Waals surface area contributed by atoms with E-state index in [9.17, 15) is 4.79 Å². The number of aliphatic imine (C=N–C) groups is 1. The Morgan fingerprint density at radius 2 is 1.83 bits per heavy atom. The maximum Gasteiger partial charge on any atom is 0.337 e. The molecule has 1 fully saturated rings. The first kappa shape index (κ1) is 16.2. The van der Waals surface area contributed by atoms with Gasteiger partial charge in [0.05, 0.1) is 18.4 Å². The lowest BCUT2D eigenvalue weighted by atomic mass is 10.1. The minimum Gasteiger partial charge on any atom is -0.465 e. The lowest BCUT2D eigenvalue weighted by Crippen LogP contribution is -2.18. The molecule has 0 unspecified atom stereocenters. The summed E-state index contributed by atoms with van der Waals surface area (Å²) in [6.45, 7) is 4.46. The number of rotatable bonds is 4. The summed E-state index contributed by atoms with van der Waals surface area (Å²) in [4.78, 5) is 18.3. The van der Waals surface area contributed by atoms with Gasteiger partial charge < -0.3 is 9.64 Å². The first-order valence-corrected chi connectivity index (χ1v) is 8.25. The van der Waals surface area contributed by atoms with Crippen molar-refractivity contribution >= 4 is 23.6 Å². The van der Waals surface area contributed by atoms with Gasteiger partial charge in [0.25, 0.3) is 0 Å². The van der Waals surface area contributed by atoms with Crippen molar-refractivity contribution in [2.24, 2.45) is 4.99 Å². The van der Waals surface area contributed by atoms with E-state index in [4.69, 9.17) is 4.74 Å². The second-order valence-electron chi connectivity index (χ2n) is 6.04. The molecule has 0 aliphatic carbocycles. The van der Waals surface area contributed by atoms with Gasteiger partial charge in [-0.05, 0) is 67.3 Å². The van der Waals surface area contributed by atoms with E-state index in [1.165, 1.54) is 31.2 Å². The molecule has 1 saturated heterocycles. The van der Waals surface area contributed by atoms with E-state index in [2.05, 4.69) is 35.0 Å². The SMILES string of the molecule is COC(=O)c1ccc(N=Cc2ccc(N3CCCC3)c(C)c2)cc1. The van der Waals surface area contributed by atoms with Crippen LogP contribution >= 0.6 is 0 Å². The number of carbonyl (C=O) groups is 1. The Hall–Kier alpha value is -2.62. The highest BCUT2D eigenvalue weighted by Crippen LogP contribution is 2.25. The molecule has 1 aliphatic heterocycles. The average Bonchev–Trinajstić information content (AvgIpc) is 3.14. The monoisotopic (exact) mass is 322 g/mol. The molecule has 124 valence electrons. The summed E-state index contributed by atoms with van der Waals surface area (Å²) in [5, 5.41) is 0. The van der Waals surface area contributed by atoms with E-state index >= 15 is 0 Å². The minimum atomic E-state index is -0.335. The Morgan fingerprint density at radius 3 is 2.46 bits per heavy atom. The van der Waals surface area contributed by atoms with Gasteiger partial charge in [0, 0.05) is 25.0 Å². The largest absolute Gasteiger partial charge is 0.465 e. The second kappa shape index (κ2) is 7.30. The molecule has 24 heavy (non-hydrogen) atoms. The Bertz CT molecular complexity index is 745. The number of nitrogens with zero attached hydrogens (tertiary/aromatic N) is 2. The maximum absolute atomic E-state index is 11.4. The van der Waals surface area contributed by atoms with Gasteiger partial charge in [-0.15, -0.1) is 0 Å². The highest BCUT2D eigenvalue weighted by atomic mass is 16.5. The molecule has 3 rings (SSSR count). The standard InChI is InChI=1S/C20H22N2O2/c1-15-13-16(5-10-19(15)22-11-3-4-12-22)14-21-18-8-6-17(7-9-18)20(23)24-2/h5-10,13-14H,3-4,11-12H2,1-2H3. The molecular weight excluding hydrogens is 300 g/mol. The Balaban J connectivity index is 1.72. The molecule has 0 saturated carbocycles. The Kier molecular flexibility index (Phi) is 4.94. The van der Waals surface area contributed by atoms with Crippen LogP contribution in [0.15, 0.2) is 47.5 Å². The molecule has 0 spiro atoms. The normalized spacial score (nSPS) is 14.3. The van der Waals surface area contributed by atoms with Gasteiger partial charge in [0.1, 0.15) is 0 Å². The molecule has 1 aliphatic rings. The summed E-state index contributed by atoms with van der Waals surface area (Å²) < 4.78 is 4.69. The van der Waals surface area contributed by atoms with Crippen LogP contribution in [0.2, 0.25) is 0 Å². The number of esters is 1. The summed E-state index contributed by atoms with van der Waals surface area (Å²) in [6.07, 6.45) is 4.42. The fourth-order valence-electron chi connectivity index (χ4n) is 3.02. The van der Waals surface area contributed by atoms with Crippen LogP contribution in [0.3, 0.4) is 0 Å². The molecule has 1 heterocycles. The molecule has 0 atom stereocenters. The average molecular weight is 322 g/mol. The lowest BCUT2D eigenvalue weighted by Gasteiger charge is -2.20. The number of benzene rings is 2. The summed E-state index contributed by atoms with van der Waals surface area (Å²) in [7, 11) is 1.38. The zero-order chi connectivity index (χ0) is 16.9. The van der Waals surface area contributed by atoms with E-state index in [0.717, 1.165) is 24.3 Å². The van der Waals surface area contributed by atoms with E-state index in [0.29, 0.717) is 5.56 Å². The number of aryl methyl sites for hydroxylation is 1. The highest BCUT2D eigenvalue weighted by Gasteiger charge is 2.13. The summed E-state index contributed by atoms with van der Waals surface area (Å²) >= 11 is 0. The van der Waals surface area contributed by atoms with Gasteiger partial charge >= 0.3 is 5.97 Å². The van der Waals surface area contributed by atoms with Crippen molar-refractivity contribution in [1.29, 1.82) is 0 Å². The zero-order valence-corrected chi connectivity index (χ0v) is 14.2. The van der Waals surface area contributed by atoms with Gasteiger partial charge in [0.2, 0.25) is 0 Å². The minimum absolute atomic E-state index is 0.335. The number of anilines is 1. The molecule has 0 radical (unpaired) electrons. The number of hydrogen-bond donors (Lipinski definition) is 0. The lowest BCUT2D eigenvalue weighted by molar-refractivity contribution is 0.0601. The van der Waals surface area contributed by atoms with Crippen LogP contribution in [-0.4, -0.2) is 32.4 Å². The molecule has 2 aromatic carbocycles. The molecule has 4 heteroatoms. The number of hydrogen-bond acceptors (Lipinski definition) is 4. The molecular formula is C20H22N2O2. The topological polar surface area (TPSA) is 41.9 Å². The molecule has 4 nitrogen and oxygen atoms in total. The molecule has 0 bridgehead atoms. The van der Waals surface area contributed by atoms with E-state index < -0.39 is 0 Å². The van der Waals surface area contributed by atoms with Crippen molar-refractivity contribution in [2.45, 2.75) is 19.8 Å². The fraction of sp³-hybridized carbons (Fsp3) is 0.300. The van der Waals surface area contributed by atoms with Crippen LogP contribution in [0.4, 0.5) is 11.4 Å². The quantitative estimate of drug-likeness (QED) is 0.628. The molecule has 2 aromatic rings. The first-order valence-electron chi connectivity index (χ1n) is 8.25. The summed E-state index contributed by atoms with van der Waals surface area (Å²) in [5.41, 5.74) is 5.02. The summed E-state index contributed by atoms with van der Waals surface area (Å²) in [5.74, 6) is -0.335. The van der Waals surface area contributed by atoms with Crippen molar-refractivity contribution in [3.05, 3.63) is 59.2 Å². The second-order valence-corrected chi connectivity index (χ2v) is 6.04. The Morgan fingerprint density at radius 1 is 1.12 bits per heavy atom. The van der Waals surface area contributed by atoms with Crippen LogP contribution in [0.5, 0.6) is 0 Å². The third kappa shape index (κ3) is 3.65. The third-order valence-electron chi connectivity index (χ3n) is 4.32. The van der Waals surface area contributed by atoms with E-state index in [1.54, 1.807) is 12.1 Å². The van der Waals surface area contributed by atoms with E-state index in [-0.39, 0.29) is 5.97 Å². The van der Waals surface area contributed by atoms with Crippen molar-refractivity contribution in [2.75, 3.05) is 25.1 Å². The van der Waals surface area contributed by atoms with Gasteiger partial charge in [0.15, 0.2) is 0 Å². The predicted octanol–water partition coefficient (Wildman–Crippen LogP) is 4.13. The number of ether oxygens (including phenoxy) is 1. The van der Waals surface area contributed by atoms with Crippen LogP contribution < -0.4 is 4.90 Å². The van der Waals surface area contributed by atoms with Crippen molar-refractivity contribution < 1.29 is 9.53 Å². The number of methoxy groups -OCH3 is 1. The number of carbonyl (C=O) groups excluding carboxylic acids is 1. The van der Waals surface area contributed by atoms with Crippen molar-refractivity contribution in [1.82, 2.24) is 0 Å². The molecule has 0 aromatic heterocycles. The van der Waals surface area contributed by atoms with Crippen LogP contribution in [0, 0.1) is 6.92 Å². The zero-order valence-electron chi connectivity index (χ0n) is 14.2. The first-order chi connectivity index (χ1) is 11.7. The van der Waals surface area contributed by atoms with Crippen LogP contribution in [0.25, 0.3) is 0 Å². The smallest absolute Gasteiger partial charge is 0.337 e. The Labute approximate surface area is 142 Å². The van der Waals surface area contributed by atoms with Gasteiger partial charge in [-0.3, -0.25) is 4.99 Å². The van der Waals surface area contributed by atoms with Gasteiger partial charge in [-0.2, -0.15) is 0 Å². The van der Waals surface area contributed by atoms with Crippen LogP contribution in [-0.2, 0) is 4.74 Å².